The summed E-state index contributed by atoms with van der Waals surface area (Å²) in [6.07, 6.45) is 0. The SMILES string of the molecule is CNc1ccc(-c2ccc3ccccc3c2)cc1-c1ccccc1. The number of rotatable bonds is 3. The molecule has 0 aromatic heterocycles. The molecule has 4 aromatic rings. The van der Waals surface area contributed by atoms with Crippen molar-refractivity contribution in [2.75, 3.05) is 12.4 Å². The first-order chi connectivity index (χ1) is 11.8. The van der Waals surface area contributed by atoms with E-state index in [0.717, 1.165) is 5.69 Å². The van der Waals surface area contributed by atoms with Crippen LogP contribution >= 0.6 is 0 Å². The van der Waals surface area contributed by atoms with Crippen molar-refractivity contribution in [2.45, 2.75) is 0 Å². The Morgan fingerprint density at radius 2 is 1.21 bits per heavy atom. The number of hydrogen-bond acceptors (Lipinski definition) is 1. The highest BCUT2D eigenvalue weighted by molar-refractivity contribution is 5.89. The largest absolute Gasteiger partial charge is 0.388 e. The van der Waals surface area contributed by atoms with E-state index >= 15 is 0 Å². The second-order valence-corrected chi connectivity index (χ2v) is 5.94. The van der Waals surface area contributed by atoms with E-state index < -0.39 is 0 Å². The predicted octanol–water partition coefficient (Wildman–Crippen LogP) is 6.22. The Balaban J connectivity index is 1.86. The van der Waals surface area contributed by atoms with E-state index in [1.165, 1.54) is 33.0 Å². The number of hydrogen-bond donors (Lipinski definition) is 1. The van der Waals surface area contributed by atoms with Crippen LogP contribution in [0.1, 0.15) is 0 Å². The molecule has 0 saturated carbocycles. The van der Waals surface area contributed by atoms with Gasteiger partial charge < -0.3 is 5.32 Å². The lowest BCUT2D eigenvalue weighted by Crippen LogP contribution is -1.92. The fraction of sp³-hybridized carbons (Fsp3) is 0.0435. The molecule has 0 saturated heterocycles. The average molecular weight is 309 g/mol. The number of nitrogens with one attached hydrogen (secondary N) is 1. The van der Waals surface area contributed by atoms with Crippen LogP contribution in [0, 0.1) is 0 Å². The molecule has 4 rings (SSSR count). The first kappa shape index (κ1) is 14.5. The van der Waals surface area contributed by atoms with Gasteiger partial charge >= 0.3 is 0 Å². The van der Waals surface area contributed by atoms with E-state index in [0.29, 0.717) is 0 Å². The van der Waals surface area contributed by atoms with Crippen molar-refractivity contribution in [3.05, 3.63) is 91.0 Å². The van der Waals surface area contributed by atoms with Gasteiger partial charge in [0.1, 0.15) is 0 Å². The Labute approximate surface area is 142 Å². The van der Waals surface area contributed by atoms with Crippen LogP contribution in [0.3, 0.4) is 0 Å². The minimum absolute atomic E-state index is 1.14. The lowest BCUT2D eigenvalue weighted by Gasteiger charge is -2.12. The number of anilines is 1. The van der Waals surface area contributed by atoms with Crippen LogP contribution in [0.25, 0.3) is 33.0 Å². The number of benzene rings is 4. The van der Waals surface area contributed by atoms with Gasteiger partial charge in [-0.1, -0.05) is 72.8 Å². The molecule has 0 bridgehead atoms. The summed E-state index contributed by atoms with van der Waals surface area (Å²) < 4.78 is 0. The van der Waals surface area contributed by atoms with Gasteiger partial charge in [0.25, 0.3) is 0 Å². The molecule has 0 amide bonds. The molecule has 0 aliphatic rings. The quantitative estimate of drug-likeness (QED) is 0.474. The van der Waals surface area contributed by atoms with Crippen molar-refractivity contribution in [1.82, 2.24) is 0 Å². The Bertz CT molecular complexity index is 987. The normalized spacial score (nSPS) is 10.7. The zero-order chi connectivity index (χ0) is 16.4. The molecule has 0 atom stereocenters. The molecular formula is C23H19N. The standard InChI is InChI=1S/C23H19N/c1-24-23-14-13-21(16-22(23)18-8-3-2-4-9-18)20-12-11-17-7-5-6-10-19(17)15-20/h2-16,24H,1H3. The van der Waals surface area contributed by atoms with Crippen LogP contribution in [0.5, 0.6) is 0 Å². The molecule has 1 N–H and O–H groups in total. The van der Waals surface area contributed by atoms with Crippen LogP contribution < -0.4 is 5.32 Å². The third kappa shape index (κ3) is 2.65. The first-order valence-corrected chi connectivity index (χ1v) is 8.21. The molecule has 0 aliphatic carbocycles. The molecule has 0 aliphatic heterocycles. The van der Waals surface area contributed by atoms with E-state index in [-0.39, 0.29) is 0 Å². The predicted molar refractivity (Wildman–Crippen MR) is 104 cm³/mol. The van der Waals surface area contributed by atoms with Crippen LogP contribution in [0.4, 0.5) is 5.69 Å². The van der Waals surface area contributed by atoms with E-state index in [4.69, 9.17) is 0 Å². The van der Waals surface area contributed by atoms with Crippen molar-refractivity contribution in [1.29, 1.82) is 0 Å². The van der Waals surface area contributed by atoms with E-state index in [2.05, 4.69) is 96.3 Å². The van der Waals surface area contributed by atoms with E-state index in [9.17, 15) is 0 Å². The zero-order valence-electron chi connectivity index (χ0n) is 13.7. The molecule has 0 fully saturated rings. The Hall–Kier alpha value is -3.06. The summed E-state index contributed by atoms with van der Waals surface area (Å²) in [4.78, 5) is 0. The zero-order valence-corrected chi connectivity index (χ0v) is 13.7. The molecule has 0 unspecified atom stereocenters. The van der Waals surface area contributed by atoms with Crippen LogP contribution in [0.15, 0.2) is 91.0 Å². The van der Waals surface area contributed by atoms with Crippen molar-refractivity contribution < 1.29 is 0 Å². The van der Waals surface area contributed by atoms with Crippen molar-refractivity contribution in [2.24, 2.45) is 0 Å². The molecule has 0 heterocycles. The molecule has 1 heteroatoms. The van der Waals surface area contributed by atoms with Gasteiger partial charge in [0.05, 0.1) is 0 Å². The molecule has 0 spiro atoms. The van der Waals surface area contributed by atoms with Gasteiger partial charge in [-0.25, -0.2) is 0 Å². The molecular weight excluding hydrogens is 290 g/mol. The number of fused-ring (bicyclic) bond motifs is 1. The lowest BCUT2D eigenvalue weighted by atomic mass is 9.96. The van der Waals surface area contributed by atoms with Gasteiger partial charge in [-0.3, -0.25) is 0 Å². The third-order valence-corrected chi connectivity index (χ3v) is 4.46. The van der Waals surface area contributed by atoms with Crippen molar-refractivity contribution in [3.63, 3.8) is 0 Å². The highest BCUT2D eigenvalue weighted by atomic mass is 14.8. The summed E-state index contributed by atoms with van der Waals surface area (Å²) >= 11 is 0. The van der Waals surface area contributed by atoms with E-state index in [1.807, 2.05) is 7.05 Å². The van der Waals surface area contributed by atoms with Crippen molar-refractivity contribution >= 4 is 16.5 Å². The minimum atomic E-state index is 1.14. The third-order valence-electron chi connectivity index (χ3n) is 4.46. The summed E-state index contributed by atoms with van der Waals surface area (Å²) in [7, 11) is 1.97. The molecule has 0 radical (unpaired) electrons. The maximum Gasteiger partial charge on any atom is 0.0417 e. The summed E-state index contributed by atoms with van der Waals surface area (Å²) in [5.74, 6) is 0. The van der Waals surface area contributed by atoms with Gasteiger partial charge in [-0.2, -0.15) is 0 Å². The van der Waals surface area contributed by atoms with Gasteiger partial charge in [-0.05, 0) is 45.7 Å². The Kier molecular flexibility index (Phi) is 3.76. The Morgan fingerprint density at radius 3 is 2.00 bits per heavy atom. The maximum atomic E-state index is 3.30. The molecule has 24 heavy (non-hydrogen) atoms. The summed E-state index contributed by atoms with van der Waals surface area (Å²) in [6.45, 7) is 0. The maximum absolute atomic E-state index is 3.30. The first-order valence-electron chi connectivity index (χ1n) is 8.21. The summed E-state index contributed by atoms with van der Waals surface area (Å²) in [5, 5.41) is 5.85. The summed E-state index contributed by atoms with van der Waals surface area (Å²) in [5.41, 5.74) is 6.08. The van der Waals surface area contributed by atoms with Crippen LogP contribution in [-0.4, -0.2) is 7.05 Å². The second-order valence-electron chi connectivity index (χ2n) is 5.94. The second kappa shape index (κ2) is 6.21. The topological polar surface area (TPSA) is 12.0 Å². The Morgan fingerprint density at radius 1 is 0.542 bits per heavy atom. The highest BCUT2D eigenvalue weighted by Gasteiger charge is 2.07. The monoisotopic (exact) mass is 309 g/mol. The van der Waals surface area contributed by atoms with Gasteiger partial charge in [0.15, 0.2) is 0 Å². The fourth-order valence-corrected chi connectivity index (χ4v) is 3.17. The van der Waals surface area contributed by atoms with E-state index in [1.54, 1.807) is 0 Å². The highest BCUT2D eigenvalue weighted by Crippen LogP contribution is 2.33. The van der Waals surface area contributed by atoms with Gasteiger partial charge in [-0.15, -0.1) is 0 Å². The smallest absolute Gasteiger partial charge is 0.0417 e. The molecule has 4 aromatic carbocycles. The average Bonchev–Trinajstić information content (AvgIpc) is 2.68. The minimum Gasteiger partial charge on any atom is -0.388 e. The molecule has 116 valence electrons. The molecule has 1 nitrogen and oxygen atoms in total. The summed E-state index contributed by atoms with van der Waals surface area (Å²) in [6, 6.07) is 32.3. The fourth-order valence-electron chi connectivity index (χ4n) is 3.17. The van der Waals surface area contributed by atoms with Crippen LogP contribution in [0.2, 0.25) is 0 Å². The van der Waals surface area contributed by atoms with Crippen molar-refractivity contribution in [3.8, 4) is 22.3 Å². The van der Waals surface area contributed by atoms with Gasteiger partial charge in [0, 0.05) is 18.3 Å². The lowest BCUT2D eigenvalue weighted by molar-refractivity contribution is 1.50. The van der Waals surface area contributed by atoms with Crippen LogP contribution in [-0.2, 0) is 0 Å². The van der Waals surface area contributed by atoms with Gasteiger partial charge in [0.2, 0.25) is 0 Å².